The van der Waals surface area contributed by atoms with Gasteiger partial charge in [-0.25, -0.2) is 0 Å². The summed E-state index contributed by atoms with van der Waals surface area (Å²) in [5.74, 6) is 0.946. The highest BCUT2D eigenvalue weighted by Crippen LogP contribution is 2.23. The lowest BCUT2D eigenvalue weighted by Gasteiger charge is -2.31. The Morgan fingerprint density at radius 3 is 2.68 bits per heavy atom. The van der Waals surface area contributed by atoms with E-state index in [0.717, 1.165) is 48.6 Å². The van der Waals surface area contributed by atoms with Crippen LogP contribution in [0.15, 0.2) is 42.5 Å². The Hall–Kier alpha value is -1.91. The van der Waals surface area contributed by atoms with Crippen LogP contribution in [0, 0.1) is 5.92 Å². The number of carbonyl (C=O) groups excluding carboxylic acids is 1. The van der Waals surface area contributed by atoms with Crippen LogP contribution in [0.1, 0.15) is 25.7 Å². The Morgan fingerprint density at radius 1 is 1.12 bits per heavy atom. The van der Waals surface area contributed by atoms with E-state index >= 15 is 0 Å². The second kappa shape index (κ2) is 8.97. The number of rotatable bonds is 7. The van der Waals surface area contributed by atoms with Crippen molar-refractivity contribution in [2.75, 3.05) is 38.5 Å². The predicted octanol–water partition coefficient (Wildman–Crippen LogP) is 3.49. The summed E-state index contributed by atoms with van der Waals surface area (Å²) in [6.07, 6.45) is 4.34. The van der Waals surface area contributed by atoms with Crippen molar-refractivity contribution in [3.63, 3.8) is 0 Å². The van der Waals surface area contributed by atoms with Crippen LogP contribution in [0.25, 0.3) is 10.8 Å². The van der Waals surface area contributed by atoms with Gasteiger partial charge in [0.1, 0.15) is 0 Å². The summed E-state index contributed by atoms with van der Waals surface area (Å²) in [6.45, 7) is 4.21. The zero-order chi connectivity index (χ0) is 17.5. The van der Waals surface area contributed by atoms with E-state index in [1.165, 1.54) is 19.3 Å². The van der Waals surface area contributed by atoms with Gasteiger partial charge in [-0.15, -0.1) is 0 Å². The van der Waals surface area contributed by atoms with E-state index < -0.39 is 0 Å². The lowest BCUT2D eigenvalue weighted by atomic mass is 9.93. The van der Waals surface area contributed by atoms with Crippen LogP contribution in [-0.4, -0.2) is 44.0 Å². The minimum absolute atomic E-state index is 0.105. The predicted molar refractivity (Wildman–Crippen MR) is 105 cm³/mol. The summed E-state index contributed by atoms with van der Waals surface area (Å²) >= 11 is 0. The molecule has 2 aromatic rings. The monoisotopic (exact) mass is 339 g/mol. The molecule has 1 aliphatic rings. The third-order valence-corrected chi connectivity index (χ3v) is 5.23. The van der Waals surface area contributed by atoms with Crippen LogP contribution in [0.4, 0.5) is 5.69 Å². The number of hydrogen-bond acceptors (Lipinski definition) is 3. The van der Waals surface area contributed by atoms with E-state index in [1.807, 2.05) is 31.3 Å². The van der Waals surface area contributed by atoms with Crippen molar-refractivity contribution >= 4 is 22.4 Å². The van der Waals surface area contributed by atoms with Crippen LogP contribution in [-0.2, 0) is 4.79 Å². The number of anilines is 1. The molecule has 2 aromatic carbocycles. The number of nitrogens with one attached hydrogen (secondary N) is 2. The molecule has 0 bridgehead atoms. The maximum atomic E-state index is 12.4. The first-order valence-electron chi connectivity index (χ1n) is 9.41. The maximum absolute atomic E-state index is 12.4. The smallest absolute Gasteiger partial charge is 0.225 e. The van der Waals surface area contributed by atoms with Crippen molar-refractivity contribution in [2.45, 2.75) is 25.7 Å². The zero-order valence-corrected chi connectivity index (χ0v) is 15.1. The summed E-state index contributed by atoms with van der Waals surface area (Å²) < 4.78 is 0. The molecule has 2 N–H and O–H groups in total. The summed E-state index contributed by atoms with van der Waals surface area (Å²) in [5, 5.41) is 8.58. The third kappa shape index (κ3) is 5.03. The number of fused-ring (bicyclic) bond motifs is 1. The molecule has 1 aliphatic heterocycles. The molecule has 0 aromatic heterocycles. The van der Waals surface area contributed by atoms with Gasteiger partial charge in [0.05, 0.1) is 0 Å². The third-order valence-electron chi connectivity index (χ3n) is 5.23. The Labute approximate surface area is 150 Å². The first-order chi connectivity index (χ1) is 12.3. The van der Waals surface area contributed by atoms with Gasteiger partial charge in [-0.05, 0) is 63.3 Å². The number of carbonyl (C=O) groups is 1. The summed E-state index contributed by atoms with van der Waals surface area (Å²) in [7, 11) is 2.02. The molecule has 1 fully saturated rings. The Balaban J connectivity index is 1.46. The average molecular weight is 339 g/mol. The fourth-order valence-corrected chi connectivity index (χ4v) is 3.65. The van der Waals surface area contributed by atoms with E-state index in [4.69, 9.17) is 0 Å². The minimum atomic E-state index is 0.105. The van der Waals surface area contributed by atoms with Crippen molar-refractivity contribution in [1.82, 2.24) is 10.2 Å². The van der Waals surface area contributed by atoms with Crippen molar-refractivity contribution in [3.05, 3.63) is 42.5 Å². The number of piperidine rings is 1. The van der Waals surface area contributed by atoms with E-state index in [2.05, 4.69) is 33.7 Å². The molecule has 1 heterocycles. The molecule has 3 rings (SSSR count). The molecule has 4 nitrogen and oxygen atoms in total. The van der Waals surface area contributed by atoms with Gasteiger partial charge >= 0.3 is 0 Å². The SMILES string of the molecule is CNCCC1CCN(CCC(=O)Nc2cccc3ccccc23)CC1. The van der Waals surface area contributed by atoms with Crippen LogP contribution in [0.2, 0.25) is 0 Å². The minimum Gasteiger partial charge on any atom is -0.325 e. The van der Waals surface area contributed by atoms with E-state index in [0.29, 0.717) is 6.42 Å². The highest BCUT2D eigenvalue weighted by molar-refractivity contribution is 6.02. The molecular weight excluding hydrogens is 310 g/mol. The van der Waals surface area contributed by atoms with Gasteiger partial charge in [0.25, 0.3) is 0 Å². The first-order valence-corrected chi connectivity index (χ1v) is 9.41. The molecule has 4 heteroatoms. The van der Waals surface area contributed by atoms with Crippen molar-refractivity contribution in [1.29, 1.82) is 0 Å². The van der Waals surface area contributed by atoms with Crippen molar-refractivity contribution < 1.29 is 4.79 Å². The fraction of sp³-hybridized carbons (Fsp3) is 0.476. The van der Waals surface area contributed by atoms with E-state index in [-0.39, 0.29) is 5.91 Å². The number of amides is 1. The Kier molecular flexibility index (Phi) is 6.42. The lowest BCUT2D eigenvalue weighted by molar-refractivity contribution is -0.116. The van der Waals surface area contributed by atoms with Gasteiger partial charge < -0.3 is 15.5 Å². The number of likely N-dealkylation sites (tertiary alicyclic amines) is 1. The lowest BCUT2D eigenvalue weighted by Crippen LogP contribution is -2.36. The summed E-state index contributed by atoms with van der Waals surface area (Å²) in [4.78, 5) is 14.8. The molecule has 1 saturated heterocycles. The Morgan fingerprint density at radius 2 is 1.88 bits per heavy atom. The molecule has 0 spiro atoms. The van der Waals surface area contributed by atoms with Crippen LogP contribution in [0.3, 0.4) is 0 Å². The van der Waals surface area contributed by atoms with Gasteiger partial charge in [0, 0.05) is 24.0 Å². The second-order valence-corrected chi connectivity index (χ2v) is 7.00. The van der Waals surface area contributed by atoms with Gasteiger partial charge in [-0.1, -0.05) is 36.4 Å². The first kappa shape index (κ1) is 17.9. The fourth-order valence-electron chi connectivity index (χ4n) is 3.65. The number of nitrogens with zero attached hydrogens (tertiary/aromatic N) is 1. The van der Waals surface area contributed by atoms with Crippen LogP contribution < -0.4 is 10.6 Å². The van der Waals surface area contributed by atoms with Gasteiger partial charge in [-0.2, -0.15) is 0 Å². The second-order valence-electron chi connectivity index (χ2n) is 7.00. The number of benzene rings is 2. The highest BCUT2D eigenvalue weighted by Gasteiger charge is 2.19. The molecule has 0 aliphatic carbocycles. The summed E-state index contributed by atoms with van der Waals surface area (Å²) in [6, 6.07) is 14.2. The molecular formula is C21H29N3O. The van der Waals surface area contributed by atoms with Crippen molar-refractivity contribution in [3.8, 4) is 0 Å². The quantitative estimate of drug-likeness (QED) is 0.811. The zero-order valence-electron chi connectivity index (χ0n) is 15.1. The number of hydrogen-bond donors (Lipinski definition) is 2. The van der Waals surface area contributed by atoms with E-state index in [9.17, 15) is 4.79 Å². The Bertz CT molecular complexity index is 687. The van der Waals surface area contributed by atoms with Gasteiger partial charge in [0.15, 0.2) is 0 Å². The maximum Gasteiger partial charge on any atom is 0.225 e. The van der Waals surface area contributed by atoms with Crippen LogP contribution >= 0.6 is 0 Å². The molecule has 25 heavy (non-hydrogen) atoms. The molecule has 1 amide bonds. The summed E-state index contributed by atoms with van der Waals surface area (Å²) in [5.41, 5.74) is 0.911. The molecule has 0 atom stereocenters. The standard InChI is InChI=1S/C21H29N3O/c1-22-13-9-17-10-14-24(15-11-17)16-12-21(25)23-20-8-4-6-18-5-2-3-7-19(18)20/h2-8,17,22H,9-16H2,1H3,(H,23,25). The van der Waals surface area contributed by atoms with Crippen molar-refractivity contribution in [2.24, 2.45) is 5.92 Å². The largest absolute Gasteiger partial charge is 0.325 e. The molecule has 0 unspecified atom stereocenters. The van der Waals surface area contributed by atoms with Gasteiger partial charge in [0.2, 0.25) is 5.91 Å². The topological polar surface area (TPSA) is 44.4 Å². The molecule has 0 saturated carbocycles. The van der Waals surface area contributed by atoms with Crippen LogP contribution in [0.5, 0.6) is 0 Å². The average Bonchev–Trinajstić information content (AvgIpc) is 2.66. The normalized spacial score (nSPS) is 16.2. The molecule has 134 valence electrons. The van der Waals surface area contributed by atoms with E-state index in [1.54, 1.807) is 0 Å². The molecule has 0 radical (unpaired) electrons. The van der Waals surface area contributed by atoms with Gasteiger partial charge in [-0.3, -0.25) is 4.79 Å². The highest BCUT2D eigenvalue weighted by atomic mass is 16.1.